The number of piperidine rings is 1. The first kappa shape index (κ1) is 19.4. The minimum atomic E-state index is -0.0905. The van der Waals surface area contributed by atoms with Gasteiger partial charge in [-0.15, -0.1) is 0 Å². The molecule has 0 saturated carbocycles. The minimum absolute atomic E-state index is 0.0905. The Hall–Kier alpha value is -2.95. The van der Waals surface area contributed by atoms with Gasteiger partial charge in [0.05, 0.1) is 11.9 Å². The number of nitrogens with zero attached hydrogens (tertiary/aromatic N) is 4. The van der Waals surface area contributed by atoms with E-state index in [-0.39, 0.29) is 5.56 Å². The monoisotopic (exact) mass is 388 g/mol. The Kier molecular flexibility index (Phi) is 5.47. The molecule has 0 amide bonds. The summed E-state index contributed by atoms with van der Waals surface area (Å²) in [4.78, 5) is 23.7. The van der Waals surface area contributed by atoms with Crippen LogP contribution in [0.2, 0.25) is 0 Å². The van der Waals surface area contributed by atoms with E-state index >= 15 is 0 Å². The molecule has 4 rings (SSSR count). The van der Waals surface area contributed by atoms with Crippen LogP contribution >= 0.6 is 0 Å². The number of hydrogen-bond acceptors (Lipinski definition) is 4. The van der Waals surface area contributed by atoms with E-state index in [4.69, 9.17) is 0 Å². The van der Waals surface area contributed by atoms with Crippen molar-refractivity contribution in [1.82, 2.24) is 14.5 Å². The van der Waals surface area contributed by atoms with Crippen molar-refractivity contribution in [2.75, 3.05) is 18.0 Å². The highest BCUT2D eigenvalue weighted by molar-refractivity contribution is 5.47. The topological polar surface area (TPSA) is 51.0 Å². The Balaban J connectivity index is 1.41. The van der Waals surface area contributed by atoms with E-state index in [9.17, 15) is 4.79 Å². The van der Waals surface area contributed by atoms with Crippen LogP contribution in [-0.4, -0.2) is 27.6 Å². The third-order valence-electron chi connectivity index (χ3n) is 5.76. The SMILES string of the molecule is Cc1cccc(CC2CCN(c3ccc(-n4c(C)nc(C)cc4=O)nc3)CC2)c1. The summed E-state index contributed by atoms with van der Waals surface area (Å²) in [6.45, 7) is 7.91. The molecule has 29 heavy (non-hydrogen) atoms. The maximum atomic E-state index is 12.3. The van der Waals surface area contributed by atoms with Crippen LogP contribution in [0.25, 0.3) is 5.82 Å². The van der Waals surface area contributed by atoms with Crippen molar-refractivity contribution in [3.8, 4) is 5.82 Å². The molecule has 1 saturated heterocycles. The number of aryl methyl sites for hydroxylation is 3. The summed E-state index contributed by atoms with van der Waals surface area (Å²) in [5.74, 6) is 2.02. The van der Waals surface area contributed by atoms with Crippen molar-refractivity contribution in [2.45, 2.75) is 40.0 Å². The molecule has 0 aliphatic carbocycles. The van der Waals surface area contributed by atoms with Crippen molar-refractivity contribution in [2.24, 2.45) is 5.92 Å². The number of anilines is 1. The van der Waals surface area contributed by atoms with E-state index in [0.29, 0.717) is 11.6 Å². The Labute approximate surface area is 172 Å². The zero-order valence-corrected chi connectivity index (χ0v) is 17.4. The molecule has 2 aromatic heterocycles. The van der Waals surface area contributed by atoms with E-state index in [1.807, 2.05) is 26.1 Å². The number of aromatic nitrogens is 3. The molecular weight excluding hydrogens is 360 g/mol. The largest absolute Gasteiger partial charge is 0.370 e. The summed E-state index contributed by atoms with van der Waals surface area (Å²) >= 11 is 0. The van der Waals surface area contributed by atoms with Crippen LogP contribution in [0, 0.1) is 26.7 Å². The summed E-state index contributed by atoms with van der Waals surface area (Å²) in [5.41, 5.74) is 4.54. The van der Waals surface area contributed by atoms with Crippen molar-refractivity contribution in [3.05, 3.63) is 81.7 Å². The summed E-state index contributed by atoms with van der Waals surface area (Å²) < 4.78 is 1.56. The smallest absolute Gasteiger partial charge is 0.259 e. The second kappa shape index (κ2) is 8.19. The maximum Gasteiger partial charge on any atom is 0.259 e. The first-order valence-electron chi connectivity index (χ1n) is 10.3. The third-order valence-corrected chi connectivity index (χ3v) is 5.76. The molecule has 0 bridgehead atoms. The average Bonchev–Trinajstić information content (AvgIpc) is 2.68. The second-order valence-corrected chi connectivity index (χ2v) is 8.12. The normalized spacial score (nSPS) is 14.9. The van der Waals surface area contributed by atoms with Gasteiger partial charge < -0.3 is 4.90 Å². The van der Waals surface area contributed by atoms with Crippen LogP contribution in [0.5, 0.6) is 0 Å². The van der Waals surface area contributed by atoms with Crippen LogP contribution in [0.3, 0.4) is 0 Å². The van der Waals surface area contributed by atoms with Gasteiger partial charge in [-0.2, -0.15) is 0 Å². The summed E-state index contributed by atoms with van der Waals surface area (Å²) in [6, 6.07) is 14.4. The molecule has 0 spiro atoms. The van der Waals surface area contributed by atoms with Crippen LogP contribution in [0.15, 0.2) is 53.5 Å². The van der Waals surface area contributed by atoms with Gasteiger partial charge in [0, 0.05) is 24.8 Å². The molecule has 5 nitrogen and oxygen atoms in total. The predicted octanol–water partition coefficient (Wildman–Crippen LogP) is 4.01. The predicted molar refractivity (Wildman–Crippen MR) is 117 cm³/mol. The molecule has 0 N–H and O–H groups in total. The fourth-order valence-electron chi connectivity index (χ4n) is 4.28. The van der Waals surface area contributed by atoms with Gasteiger partial charge in [-0.1, -0.05) is 29.8 Å². The third kappa shape index (κ3) is 4.39. The van der Waals surface area contributed by atoms with Crippen molar-refractivity contribution < 1.29 is 0 Å². The molecular formula is C24H28N4O. The molecule has 0 unspecified atom stereocenters. The first-order chi connectivity index (χ1) is 14.0. The van der Waals surface area contributed by atoms with E-state index in [2.05, 4.69) is 52.1 Å². The zero-order chi connectivity index (χ0) is 20.4. The highest BCUT2D eigenvalue weighted by atomic mass is 16.1. The minimum Gasteiger partial charge on any atom is -0.370 e. The highest BCUT2D eigenvalue weighted by Gasteiger charge is 2.20. The number of pyridine rings is 1. The molecule has 3 heterocycles. The molecule has 0 radical (unpaired) electrons. The zero-order valence-electron chi connectivity index (χ0n) is 17.4. The summed E-state index contributed by atoms with van der Waals surface area (Å²) in [7, 11) is 0. The molecule has 0 atom stereocenters. The standard InChI is InChI=1S/C24H28N4O/c1-17-5-4-6-21(13-17)15-20-9-11-27(12-10-20)22-7-8-23(25-16-22)28-19(3)26-18(2)14-24(28)29/h4-8,13-14,16,20H,9-12,15H2,1-3H3. The Bertz CT molecular complexity index is 1050. The van der Waals surface area contributed by atoms with Crippen molar-refractivity contribution >= 4 is 5.69 Å². The fraction of sp³-hybridized carbons (Fsp3) is 0.375. The van der Waals surface area contributed by atoms with E-state index < -0.39 is 0 Å². The van der Waals surface area contributed by atoms with E-state index in [1.54, 1.807) is 10.6 Å². The molecule has 1 aromatic carbocycles. The van der Waals surface area contributed by atoms with Crippen LogP contribution in [-0.2, 0) is 6.42 Å². The molecule has 5 heteroatoms. The first-order valence-corrected chi connectivity index (χ1v) is 10.3. The number of hydrogen-bond donors (Lipinski definition) is 0. The van der Waals surface area contributed by atoms with Gasteiger partial charge in [0.25, 0.3) is 5.56 Å². The van der Waals surface area contributed by atoms with Crippen LogP contribution < -0.4 is 10.5 Å². The van der Waals surface area contributed by atoms with Gasteiger partial charge in [0.1, 0.15) is 11.6 Å². The maximum absolute atomic E-state index is 12.3. The quantitative estimate of drug-likeness (QED) is 0.678. The lowest BCUT2D eigenvalue weighted by Gasteiger charge is -2.33. The van der Waals surface area contributed by atoms with Crippen LogP contribution in [0.4, 0.5) is 5.69 Å². The fourth-order valence-corrected chi connectivity index (χ4v) is 4.28. The summed E-state index contributed by atoms with van der Waals surface area (Å²) in [6.07, 6.45) is 5.42. The van der Waals surface area contributed by atoms with Crippen LogP contribution in [0.1, 0.15) is 35.5 Å². The Morgan fingerprint density at radius 3 is 2.48 bits per heavy atom. The van der Waals surface area contributed by atoms with Gasteiger partial charge in [-0.05, 0) is 63.6 Å². The lowest BCUT2D eigenvalue weighted by Crippen LogP contribution is -2.34. The van der Waals surface area contributed by atoms with Gasteiger partial charge in [-0.25, -0.2) is 14.5 Å². The van der Waals surface area contributed by atoms with E-state index in [1.165, 1.54) is 24.0 Å². The molecule has 3 aromatic rings. The van der Waals surface area contributed by atoms with Gasteiger partial charge in [0.2, 0.25) is 0 Å². The number of benzene rings is 1. The van der Waals surface area contributed by atoms with E-state index in [0.717, 1.165) is 36.8 Å². The Morgan fingerprint density at radius 2 is 1.83 bits per heavy atom. The van der Waals surface area contributed by atoms with Crippen molar-refractivity contribution in [3.63, 3.8) is 0 Å². The lowest BCUT2D eigenvalue weighted by atomic mass is 9.89. The van der Waals surface area contributed by atoms with Gasteiger partial charge in [-0.3, -0.25) is 4.79 Å². The highest BCUT2D eigenvalue weighted by Crippen LogP contribution is 2.26. The molecule has 1 fully saturated rings. The molecule has 1 aliphatic heterocycles. The molecule has 1 aliphatic rings. The number of rotatable bonds is 4. The second-order valence-electron chi connectivity index (χ2n) is 8.12. The average molecular weight is 389 g/mol. The molecule has 150 valence electrons. The van der Waals surface area contributed by atoms with Gasteiger partial charge >= 0.3 is 0 Å². The lowest BCUT2D eigenvalue weighted by molar-refractivity contribution is 0.403. The summed E-state index contributed by atoms with van der Waals surface area (Å²) in [5, 5.41) is 0. The Morgan fingerprint density at radius 1 is 1.03 bits per heavy atom. The van der Waals surface area contributed by atoms with Gasteiger partial charge in [0.15, 0.2) is 0 Å². The van der Waals surface area contributed by atoms with Crippen molar-refractivity contribution in [1.29, 1.82) is 0 Å².